The summed E-state index contributed by atoms with van der Waals surface area (Å²) in [6, 6.07) is 7.05. The number of nitrogens with two attached hydrogens (primary N) is 1. The SMILES string of the molecule is COc1ccc(C[NH2+]C2C3CC4CC(C3)CC2C4)c(OC)c1. The third-order valence-corrected chi connectivity index (χ3v) is 6.40. The summed E-state index contributed by atoms with van der Waals surface area (Å²) in [6.45, 7) is 1.03. The number of hydrogen-bond acceptors (Lipinski definition) is 2. The molecule has 22 heavy (non-hydrogen) atoms. The number of hydrogen-bond donors (Lipinski definition) is 1. The van der Waals surface area contributed by atoms with Crippen molar-refractivity contribution < 1.29 is 14.8 Å². The van der Waals surface area contributed by atoms with Gasteiger partial charge in [0.1, 0.15) is 18.0 Å². The van der Waals surface area contributed by atoms with Gasteiger partial charge in [0.25, 0.3) is 0 Å². The van der Waals surface area contributed by atoms with Gasteiger partial charge in [0.2, 0.25) is 0 Å². The van der Waals surface area contributed by atoms with E-state index in [4.69, 9.17) is 9.47 Å². The van der Waals surface area contributed by atoms with E-state index in [9.17, 15) is 0 Å². The van der Waals surface area contributed by atoms with Crippen molar-refractivity contribution in [2.45, 2.75) is 44.7 Å². The first-order valence-electron chi connectivity index (χ1n) is 8.81. The summed E-state index contributed by atoms with van der Waals surface area (Å²) in [5.74, 6) is 5.89. The number of ether oxygens (including phenoxy) is 2. The molecule has 0 aromatic heterocycles. The minimum Gasteiger partial charge on any atom is -0.497 e. The first kappa shape index (κ1) is 14.4. The zero-order valence-corrected chi connectivity index (χ0v) is 13.8. The Labute approximate surface area is 133 Å². The molecule has 4 bridgehead atoms. The maximum Gasteiger partial charge on any atom is 0.131 e. The third kappa shape index (κ3) is 2.50. The van der Waals surface area contributed by atoms with Crippen LogP contribution in [0, 0.1) is 23.7 Å². The largest absolute Gasteiger partial charge is 0.497 e. The Morgan fingerprint density at radius 1 is 0.955 bits per heavy atom. The van der Waals surface area contributed by atoms with Crippen LogP contribution in [0.2, 0.25) is 0 Å². The molecule has 3 heteroatoms. The molecule has 0 spiro atoms. The lowest BCUT2D eigenvalue weighted by Gasteiger charge is -2.52. The van der Waals surface area contributed by atoms with E-state index in [2.05, 4.69) is 11.4 Å². The van der Waals surface area contributed by atoms with Crippen LogP contribution in [0.1, 0.15) is 37.7 Å². The Hall–Kier alpha value is -1.22. The standard InChI is InChI=1S/C19H27NO2/c1-21-17-4-3-14(18(10-17)22-2)11-20-19-15-6-12-5-13(8-15)9-16(19)7-12/h3-4,10,12-13,15-16,19-20H,5-9,11H2,1-2H3/p+1. The Balaban J connectivity index is 1.44. The van der Waals surface area contributed by atoms with Crippen LogP contribution in [-0.2, 0) is 6.54 Å². The number of rotatable bonds is 5. The predicted octanol–water partition coefficient (Wildman–Crippen LogP) is 2.59. The molecule has 0 unspecified atom stereocenters. The van der Waals surface area contributed by atoms with Gasteiger partial charge in [0, 0.05) is 23.5 Å². The van der Waals surface area contributed by atoms with Crippen molar-refractivity contribution in [2.24, 2.45) is 23.7 Å². The first-order valence-corrected chi connectivity index (χ1v) is 8.81. The van der Waals surface area contributed by atoms with Gasteiger partial charge in [-0.15, -0.1) is 0 Å². The molecule has 0 heterocycles. The highest BCUT2D eigenvalue weighted by molar-refractivity contribution is 5.40. The fraction of sp³-hybridized carbons (Fsp3) is 0.684. The van der Waals surface area contributed by atoms with Gasteiger partial charge in [0.05, 0.1) is 20.3 Å². The molecule has 120 valence electrons. The van der Waals surface area contributed by atoms with Crippen LogP contribution in [0.4, 0.5) is 0 Å². The fourth-order valence-corrected chi connectivity index (χ4v) is 5.64. The van der Waals surface area contributed by atoms with Crippen LogP contribution >= 0.6 is 0 Å². The zero-order valence-electron chi connectivity index (χ0n) is 13.8. The number of methoxy groups -OCH3 is 2. The normalized spacial score (nSPS) is 35.6. The molecule has 0 aliphatic heterocycles. The minimum absolute atomic E-state index is 0.847. The van der Waals surface area contributed by atoms with Crippen LogP contribution in [0.15, 0.2) is 18.2 Å². The highest BCUT2D eigenvalue weighted by atomic mass is 16.5. The highest BCUT2D eigenvalue weighted by Gasteiger charge is 2.50. The van der Waals surface area contributed by atoms with Crippen molar-refractivity contribution >= 4 is 0 Å². The van der Waals surface area contributed by atoms with E-state index in [1.54, 1.807) is 14.2 Å². The maximum absolute atomic E-state index is 5.55. The van der Waals surface area contributed by atoms with Crippen molar-refractivity contribution in [1.29, 1.82) is 0 Å². The lowest BCUT2D eigenvalue weighted by molar-refractivity contribution is -0.723. The van der Waals surface area contributed by atoms with E-state index >= 15 is 0 Å². The molecular weight excluding hydrogens is 274 g/mol. The zero-order chi connectivity index (χ0) is 15.1. The molecular formula is C19H28NO2+. The summed E-state index contributed by atoms with van der Waals surface area (Å²) >= 11 is 0. The predicted molar refractivity (Wildman–Crippen MR) is 86.0 cm³/mol. The fourth-order valence-electron chi connectivity index (χ4n) is 5.64. The van der Waals surface area contributed by atoms with Gasteiger partial charge >= 0.3 is 0 Å². The molecule has 1 aromatic carbocycles. The van der Waals surface area contributed by atoms with E-state index in [0.29, 0.717) is 0 Å². The summed E-state index contributed by atoms with van der Waals surface area (Å²) in [4.78, 5) is 0. The van der Waals surface area contributed by atoms with Crippen molar-refractivity contribution in [2.75, 3.05) is 14.2 Å². The highest BCUT2D eigenvalue weighted by Crippen LogP contribution is 2.52. The van der Waals surface area contributed by atoms with Gasteiger partial charge in [-0.1, -0.05) is 0 Å². The van der Waals surface area contributed by atoms with E-state index in [0.717, 1.165) is 47.8 Å². The summed E-state index contributed by atoms with van der Waals surface area (Å²) in [6.07, 6.45) is 7.51. The Morgan fingerprint density at radius 2 is 1.64 bits per heavy atom. The van der Waals surface area contributed by atoms with E-state index < -0.39 is 0 Å². The molecule has 0 saturated heterocycles. The maximum atomic E-state index is 5.55. The Morgan fingerprint density at radius 3 is 2.23 bits per heavy atom. The summed E-state index contributed by atoms with van der Waals surface area (Å²) in [5, 5.41) is 2.61. The molecule has 4 fully saturated rings. The van der Waals surface area contributed by atoms with Gasteiger partial charge in [-0.2, -0.15) is 0 Å². The topological polar surface area (TPSA) is 35.1 Å². The molecule has 4 aliphatic rings. The average Bonchev–Trinajstić information content (AvgIpc) is 2.53. The summed E-state index contributed by atoms with van der Waals surface area (Å²) < 4.78 is 10.8. The summed E-state index contributed by atoms with van der Waals surface area (Å²) in [7, 11) is 3.45. The second-order valence-corrected chi connectivity index (χ2v) is 7.63. The molecule has 4 aliphatic carbocycles. The van der Waals surface area contributed by atoms with Gasteiger partial charge in [-0.3, -0.25) is 0 Å². The first-order chi connectivity index (χ1) is 10.8. The minimum atomic E-state index is 0.847. The number of benzene rings is 1. The smallest absolute Gasteiger partial charge is 0.131 e. The molecule has 3 nitrogen and oxygen atoms in total. The Kier molecular flexibility index (Phi) is 3.77. The summed E-state index contributed by atoms with van der Waals surface area (Å²) in [5.41, 5.74) is 1.29. The van der Waals surface area contributed by atoms with Crippen LogP contribution in [0.3, 0.4) is 0 Å². The molecule has 2 N–H and O–H groups in total. The van der Waals surface area contributed by atoms with Crippen LogP contribution in [0.5, 0.6) is 11.5 Å². The molecule has 4 saturated carbocycles. The lowest BCUT2D eigenvalue weighted by atomic mass is 9.54. The van der Waals surface area contributed by atoms with Crippen molar-refractivity contribution in [3.8, 4) is 11.5 Å². The molecule has 0 radical (unpaired) electrons. The van der Waals surface area contributed by atoms with E-state index in [1.165, 1.54) is 37.7 Å². The van der Waals surface area contributed by atoms with Crippen molar-refractivity contribution in [3.05, 3.63) is 23.8 Å². The van der Waals surface area contributed by atoms with Crippen LogP contribution in [0.25, 0.3) is 0 Å². The van der Waals surface area contributed by atoms with E-state index in [1.807, 2.05) is 12.1 Å². The third-order valence-electron chi connectivity index (χ3n) is 6.40. The second kappa shape index (κ2) is 5.77. The lowest BCUT2D eigenvalue weighted by Crippen LogP contribution is -2.93. The molecule has 0 atom stereocenters. The molecule has 5 rings (SSSR count). The van der Waals surface area contributed by atoms with Gasteiger partial charge < -0.3 is 14.8 Å². The van der Waals surface area contributed by atoms with Crippen LogP contribution in [-0.4, -0.2) is 20.3 Å². The van der Waals surface area contributed by atoms with Crippen molar-refractivity contribution in [1.82, 2.24) is 0 Å². The Bertz CT molecular complexity index is 514. The van der Waals surface area contributed by atoms with E-state index in [-0.39, 0.29) is 0 Å². The molecule has 1 aromatic rings. The van der Waals surface area contributed by atoms with Gasteiger partial charge in [-0.05, 0) is 56.1 Å². The average molecular weight is 302 g/mol. The second-order valence-electron chi connectivity index (χ2n) is 7.63. The monoisotopic (exact) mass is 302 g/mol. The molecule has 0 amide bonds. The van der Waals surface area contributed by atoms with Crippen LogP contribution < -0.4 is 14.8 Å². The van der Waals surface area contributed by atoms with Crippen molar-refractivity contribution in [3.63, 3.8) is 0 Å². The number of quaternary nitrogens is 1. The van der Waals surface area contributed by atoms with Gasteiger partial charge in [0.15, 0.2) is 0 Å². The quantitative estimate of drug-likeness (QED) is 0.907. The van der Waals surface area contributed by atoms with Gasteiger partial charge in [-0.25, -0.2) is 0 Å².